The Labute approximate surface area is 92.6 Å². The van der Waals surface area contributed by atoms with E-state index in [1.54, 1.807) is 0 Å². The van der Waals surface area contributed by atoms with E-state index in [1.165, 1.54) is 16.7 Å². The second kappa shape index (κ2) is 5.35. The average Bonchev–Trinajstić information content (AvgIpc) is 2.18. The van der Waals surface area contributed by atoms with Crippen LogP contribution in [0.25, 0.3) is 5.57 Å². The smallest absolute Gasteiger partial charge is 0.0131 e. The predicted molar refractivity (Wildman–Crippen MR) is 68.9 cm³/mol. The monoisotopic (exact) mass is 198 g/mol. The van der Waals surface area contributed by atoms with Crippen molar-refractivity contribution >= 4 is 5.57 Å². The molecule has 0 fully saturated rings. The van der Waals surface area contributed by atoms with Gasteiger partial charge in [-0.3, -0.25) is 0 Å². The predicted octanol–water partition coefficient (Wildman–Crippen LogP) is 4.45. The first-order valence-electron chi connectivity index (χ1n) is 5.21. The third-order valence-corrected chi connectivity index (χ3v) is 2.40. The zero-order valence-corrected chi connectivity index (χ0v) is 9.75. The molecule has 15 heavy (non-hydrogen) atoms. The number of allylic oxidation sites excluding steroid dienone is 5. The molecule has 1 aromatic carbocycles. The van der Waals surface area contributed by atoms with Gasteiger partial charge in [0.05, 0.1) is 0 Å². The van der Waals surface area contributed by atoms with Crippen molar-refractivity contribution in [3.8, 4) is 0 Å². The number of rotatable bonds is 3. The molecular formula is C15H18. The highest BCUT2D eigenvalue weighted by atomic mass is 14.1. The van der Waals surface area contributed by atoms with Crippen molar-refractivity contribution < 1.29 is 0 Å². The van der Waals surface area contributed by atoms with Crippen molar-refractivity contribution in [3.63, 3.8) is 0 Å². The zero-order chi connectivity index (χ0) is 11.3. The molecule has 0 nitrogen and oxygen atoms in total. The molecule has 0 N–H and O–H groups in total. The van der Waals surface area contributed by atoms with Crippen LogP contribution < -0.4 is 0 Å². The van der Waals surface area contributed by atoms with Crippen LogP contribution in [0.2, 0.25) is 0 Å². The first-order valence-corrected chi connectivity index (χ1v) is 5.21. The van der Waals surface area contributed by atoms with Crippen LogP contribution in [-0.2, 0) is 0 Å². The van der Waals surface area contributed by atoms with Crippen molar-refractivity contribution in [1.82, 2.24) is 0 Å². The summed E-state index contributed by atoms with van der Waals surface area (Å²) in [4.78, 5) is 0. The fraction of sp³-hybridized carbons (Fsp3) is 0.200. The molecule has 1 aromatic rings. The molecule has 0 radical (unpaired) electrons. The Balaban J connectivity index is 3.01. The molecule has 0 amide bonds. The van der Waals surface area contributed by atoms with Crippen LogP contribution in [0, 0.1) is 13.8 Å². The summed E-state index contributed by atoms with van der Waals surface area (Å²) >= 11 is 0. The molecule has 0 heteroatoms. The summed E-state index contributed by atoms with van der Waals surface area (Å²) < 4.78 is 0. The number of hydrogen-bond acceptors (Lipinski definition) is 0. The molecule has 0 aliphatic carbocycles. The second-order valence-corrected chi connectivity index (χ2v) is 3.68. The number of aryl methyl sites for hydroxylation is 2. The van der Waals surface area contributed by atoms with Crippen LogP contribution in [0.5, 0.6) is 0 Å². The van der Waals surface area contributed by atoms with E-state index < -0.39 is 0 Å². The van der Waals surface area contributed by atoms with Gasteiger partial charge in [0.1, 0.15) is 0 Å². The van der Waals surface area contributed by atoms with E-state index in [1.807, 2.05) is 25.2 Å². The highest BCUT2D eigenvalue weighted by molar-refractivity contribution is 5.76. The van der Waals surface area contributed by atoms with Gasteiger partial charge in [-0.05, 0) is 43.0 Å². The van der Waals surface area contributed by atoms with Crippen LogP contribution in [0.4, 0.5) is 0 Å². The molecule has 0 aliphatic heterocycles. The molecule has 0 aromatic heterocycles. The van der Waals surface area contributed by atoms with Gasteiger partial charge in [-0.15, -0.1) is 0 Å². The van der Waals surface area contributed by atoms with Gasteiger partial charge in [-0.1, -0.05) is 49.1 Å². The van der Waals surface area contributed by atoms with E-state index >= 15 is 0 Å². The third-order valence-electron chi connectivity index (χ3n) is 2.40. The summed E-state index contributed by atoms with van der Waals surface area (Å²) in [5, 5.41) is 0. The summed E-state index contributed by atoms with van der Waals surface area (Å²) in [5.74, 6) is 0. The average molecular weight is 198 g/mol. The highest BCUT2D eigenvalue weighted by Gasteiger charge is 2.02. The van der Waals surface area contributed by atoms with Crippen molar-refractivity contribution in [2.45, 2.75) is 20.8 Å². The summed E-state index contributed by atoms with van der Waals surface area (Å²) in [6.07, 6.45) is 8.09. The minimum atomic E-state index is 1.07. The Morgan fingerprint density at radius 1 is 1.13 bits per heavy atom. The molecule has 0 spiro atoms. The van der Waals surface area contributed by atoms with Crippen molar-refractivity contribution in [2.75, 3.05) is 0 Å². The number of benzene rings is 1. The van der Waals surface area contributed by atoms with Crippen LogP contribution in [-0.4, -0.2) is 0 Å². The molecule has 0 unspecified atom stereocenters. The minimum Gasteiger partial charge on any atom is -0.0911 e. The zero-order valence-electron chi connectivity index (χ0n) is 9.75. The van der Waals surface area contributed by atoms with Crippen LogP contribution in [0.1, 0.15) is 23.6 Å². The lowest BCUT2D eigenvalue weighted by molar-refractivity contribution is 1.34. The lowest BCUT2D eigenvalue weighted by atomic mass is 9.96. The highest BCUT2D eigenvalue weighted by Crippen LogP contribution is 2.22. The standard InChI is InChI=1S/C15H18/c1-5-6-7-9-12(2)15-13(3)10-8-11-14(15)4/h5-11H,2H2,1,3-4H3/b6-5-,9-7-. The second-order valence-electron chi connectivity index (χ2n) is 3.68. The van der Waals surface area contributed by atoms with Crippen molar-refractivity contribution in [2.24, 2.45) is 0 Å². The topological polar surface area (TPSA) is 0 Å². The van der Waals surface area contributed by atoms with E-state index in [0.717, 1.165) is 5.57 Å². The lowest BCUT2D eigenvalue weighted by Gasteiger charge is -2.08. The number of hydrogen-bond donors (Lipinski definition) is 0. The van der Waals surface area contributed by atoms with Crippen molar-refractivity contribution in [3.05, 3.63) is 65.8 Å². The Bertz CT molecular complexity index is 386. The van der Waals surface area contributed by atoms with Crippen LogP contribution in [0.15, 0.2) is 49.1 Å². The van der Waals surface area contributed by atoms with Gasteiger partial charge >= 0.3 is 0 Å². The third kappa shape index (κ3) is 2.95. The van der Waals surface area contributed by atoms with Gasteiger partial charge in [0.25, 0.3) is 0 Å². The maximum Gasteiger partial charge on any atom is -0.0131 e. The molecule has 0 saturated heterocycles. The van der Waals surface area contributed by atoms with Gasteiger partial charge in [-0.25, -0.2) is 0 Å². The molecule has 0 aliphatic rings. The molecule has 0 atom stereocenters. The first-order chi connectivity index (χ1) is 7.16. The van der Waals surface area contributed by atoms with Gasteiger partial charge in [-0.2, -0.15) is 0 Å². The molecule has 1 rings (SSSR count). The Morgan fingerprint density at radius 2 is 1.73 bits per heavy atom. The Morgan fingerprint density at radius 3 is 2.27 bits per heavy atom. The fourth-order valence-corrected chi connectivity index (χ4v) is 1.69. The quantitative estimate of drug-likeness (QED) is 0.629. The fourth-order valence-electron chi connectivity index (χ4n) is 1.69. The summed E-state index contributed by atoms with van der Waals surface area (Å²) in [5.41, 5.74) is 4.90. The molecular weight excluding hydrogens is 180 g/mol. The van der Waals surface area contributed by atoms with E-state index in [9.17, 15) is 0 Å². The minimum absolute atomic E-state index is 1.07. The van der Waals surface area contributed by atoms with E-state index in [0.29, 0.717) is 0 Å². The molecule has 0 bridgehead atoms. The summed E-state index contributed by atoms with van der Waals surface area (Å²) in [6.45, 7) is 10.3. The van der Waals surface area contributed by atoms with Crippen molar-refractivity contribution in [1.29, 1.82) is 0 Å². The van der Waals surface area contributed by atoms with Gasteiger partial charge < -0.3 is 0 Å². The Hall–Kier alpha value is -1.56. The van der Waals surface area contributed by atoms with Gasteiger partial charge in [0.2, 0.25) is 0 Å². The molecule has 0 heterocycles. The van der Waals surface area contributed by atoms with Gasteiger partial charge in [0, 0.05) is 0 Å². The van der Waals surface area contributed by atoms with Crippen LogP contribution in [0.3, 0.4) is 0 Å². The maximum absolute atomic E-state index is 4.10. The van der Waals surface area contributed by atoms with E-state index in [-0.39, 0.29) is 0 Å². The normalized spacial score (nSPS) is 11.4. The molecule has 78 valence electrons. The van der Waals surface area contributed by atoms with Gasteiger partial charge in [0.15, 0.2) is 0 Å². The maximum atomic E-state index is 4.10. The summed E-state index contributed by atoms with van der Waals surface area (Å²) in [6, 6.07) is 6.32. The SMILES string of the molecule is C=C(/C=C\C=C/C)c1c(C)cccc1C. The van der Waals surface area contributed by atoms with E-state index in [4.69, 9.17) is 0 Å². The lowest BCUT2D eigenvalue weighted by Crippen LogP contribution is -1.89. The Kier molecular flexibility index (Phi) is 4.11. The largest absolute Gasteiger partial charge is 0.0911 e. The van der Waals surface area contributed by atoms with Crippen LogP contribution >= 0.6 is 0 Å². The first kappa shape index (κ1) is 11.5. The molecule has 0 saturated carbocycles. The summed E-state index contributed by atoms with van der Waals surface area (Å²) in [7, 11) is 0. The van der Waals surface area contributed by atoms with E-state index in [2.05, 4.69) is 44.7 Å².